The van der Waals surface area contributed by atoms with Crippen molar-refractivity contribution in [3.8, 4) is 11.1 Å². The number of anilines is 1. The standard InChI is InChI=1S/C26H30N10/c1-26(28,21-6-4-3-5-7-21)22-15-30-25(31-16-22)36-10-8-35(9-11-36)24(32-18-27)23-12-19(13-29-23)20-14-33-34(2)17-20/h3-7,12-18,27,29H,8-11,28H2,1-2H3/t26-/m0/s1. The third-order valence-electron chi connectivity index (χ3n) is 6.62. The van der Waals surface area contributed by atoms with Crippen molar-refractivity contribution in [1.82, 2.24) is 29.6 Å². The van der Waals surface area contributed by atoms with Gasteiger partial charge in [-0.25, -0.2) is 15.0 Å². The van der Waals surface area contributed by atoms with Gasteiger partial charge in [0.05, 0.1) is 17.4 Å². The number of nitrogens with two attached hydrogens (primary N) is 1. The second kappa shape index (κ2) is 9.74. The largest absolute Gasteiger partial charge is 0.358 e. The quantitative estimate of drug-likeness (QED) is 0.286. The Bertz CT molecular complexity index is 1340. The van der Waals surface area contributed by atoms with Crippen molar-refractivity contribution in [2.24, 2.45) is 17.8 Å². The first-order chi connectivity index (χ1) is 17.5. The van der Waals surface area contributed by atoms with Crippen LogP contribution in [0, 0.1) is 5.41 Å². The second-order valence-electron chi connectivity index (χ2n) is 9.10. The minimum absolute atomic E-state index is 0.665. The van der Waals surface area contributed by atoms with Gasteiger partial charge < -0.3 is 20.5 Å². The van der Waals surface area contributed by atoms with E-state index in [9.17, 15) is 0 Å². The van der Waals surface area contributed by atoms with Crippen LogP contribution in [0.4, 0.5) is 5.95 Å². The molecule has 1 saturated heterocycles. The first kappa shape index (κ1) is 23.4. The van der Waals surface area contributed by atoms with Crippen molar-refractivity contribution >= 4 is 18.1 Å². The summed E-state index contributed by atoms with van der Waals surface area (Å²) in [5.74, 6) is 1.43. The van der Waals surface area contributed by atoms with Gasteiger partial charge in [0, 0.05) is 74.7 Å². The Morgan fingerprint density at radius 1 is 1.06 bits per heavy atom. The Morgan fingerprint density at radius 3 is 2.42 bits per heavy atom. The lowest BCUT2D eigenvalue weighted by Gasteiger charge is -2.36. The van der Waals surface area contributed by atoms with Crippen molar-refractivity contribution in [3.63, 3.8) is 0 Å². The number of piperazine rings is 1. The Kier molecular flexibility index (Phi) is 6.34. The summed E-state index contributed by atoms with van der Waals surface area (Å²) in [6.07, 6.45) is 10.5. The Labute approximate surface area is 210 Å². The number of H-pyrrole nitrogens is 1. The summed E-state index contributed by atoms with van der Waals surface area (Å²) < 4.78 is 1.78. The van der Waals surface area contributed by atoms with Crippen molar-refractivity contribution in [2.75, 3.05) is 31.1 Å². The molecule has 1 aliphatic rings. The summed E-state index contributed by atoms with van der Waals surface area (Å²) in [6.45, 7) is 4.93. The molecular formula is C26H30N10. The van der Waals surface area contributed by atoms with E-state index in [1.165, 1.54) is 0 Å². The summed E-state index contributed by atoms with van der Waals surface area (Å²) in [6, 6.07) is 12.0. The molecule has 184 valence electrons. The fourth-order valence-corrected chi connectivity index (χ4v) is 4.47. The van der Waals surface area contributed by atoms with E-state index in [2.05, 4.69) is 34.8 Å². The van der Waals surface area contributed by atoms with E-state index in [4.69, 9.17) is 11.1 Å². The molecule has 36 heavy (non-hydrogen) atoms. The van der Waals surface area contributed by atoms with E-state index in [1.54, 1.807) is 4.68 Å². The van der Waals surface area contributed by atoms with Crippen LogP contribution in [0.3, 0.4) is 0 Å². The zero-order chi connectivity index (χ0) is 25.1. The predicted molar refractivity (Wildman–Crippen MR) is 141 cm³/mol. The fourth-order valence-electron chi connectivity index (χ4n) is 4.47. The molecule has 0 saturated carbocycles. The Balaban J connectivity index is 1.26. The van der Waals surface area contributed by atoms with Gasteiger partial charge in [-0.2, -0.15) is 5.10 Å². The van der Waals surface area contributed by atoms with E-state index in [1.807, 2.05) is 81.4 Å². The molecule has 5 rings (SSSR count). The lowest BCUT2D eigenvalue weighted by molar-refractivity contribution is 0.383. The van der Waals surface area contributed by atoms with Gasteiger partial charge in [-0.15, -0.1) is 0 Å². The lowest BCUT2D eigenvalue weighted by Crippen LogP contribution is -2.49. The molecule has 1 atom stereocenters. The highest BCUT2D eigenvalue weighted by Gasteiger charge is 2.26. The number of aromatic nitrogens is 5. The maximum atomic E-state index is 7.58. The van der Waals surface area contributed by atoms with Crippen molar-refractivity contribution in [1.29, 1.82) is 5.41 Å². The second-order valence-corrected chi connectivity index (χ2v) is 9.10. The van der Waals surface area contributed by atoms with E-state index in [0.717, 1.165) is 66.3 Å². The third kappa shape index (κ3) is 4.63. The number of aryl methyl sites for hydroxylation is 1. The summed E-state index contributed by atoms with van der Waals surface area (Å²) >= 11 is 0. The summed E-state index contributed by atoms with van der Waals surface area (Å²) in [5.41, 5.74) is 10.8. The van der Waals surface area contributed by atoms with Crippen LogP contribution in [0.15, 0.2) is 72.4 Å². The van der Waals surface area contributed by atoms with E-state index in [-0.39, 0.29) is 0 Å². The predicted octanol–water partition coefficient (Wildman–Crippen LogP) is 2.60. The number of benzene rings is 1. The molecule has 3 aromatic heterocycles. The summed E-state index contributed by atoms with van der Waals surface area (Å²) in [5, 5.41) is 11.8. The van der Waals surface area contributed by atoms with Crippen LogP contribution in [0.25, 0.3) is 11.1 Å². The average Bonchev–Trinajstić information content (AvgIpc) is 3.57. The van der Waals surface area contributed by atoms with Crippen LogP contribution in [0.1, 0.15) is 23.7 Å². The molecular weight excluding hydrogens is 452 g/mol. The zero-order valence-corrected chi connectivity index (χ0v) is 20.5. The highest BCUT2D eigenvalue weighted by molar-refractivity contribution is 6.01. The van der Waals surface area contributed by atoms with Gasteiger partial charge in [0.15, 0.2) is 5.84 Å². The first-order valence-corrected chi connectivity index (χ1v) is 11.9. The molecule has 10 heteroatoms. The molecule has 0 unspecified atom stereocenters. The zero-order valence-electron chi connectivity index (χ0n) is 20.5. The summed E-state index contributed by atoms with van der Waals surface area (Å²) in [7, 11) is 1.90. The molecule has 4 aromatic rings. The first-order valence-electron chi connectivity index (χ1n) is 11.9. The molecule has 4 heterocycles. The molecule has 1 fully saturated rings. The van der Waals surface area contributed by atoms with Gasteiger partial charge in [0.25, 0.3) is 0 Å². The van der Waals surface area contributed by atoms with Crippen molar-refractivity contribution in [3.05, 3.63) is 84.2 Å². The Morgan fingerprint density at radius 2 is 1.78 bits per heavy atom. The van der Waals surface area contributed by atoms with Crippen LogP contribution in [0.2, 0.25) is 0 Å². The highest BCUT2D eigenvalue weighted by atomic mass is 15.3. The van der Waals surface area contributed by atoms with Crippen LogP contribution in [0.5, 0.6) is 0 Å². The molecule has 10 nitrogen and oxygen atoms in total. The summed E-state index contributed by atoms with van der Waals surface area (Å²) in [4.78, 5) is 21.3. The molecule has 0 bridgehead atoms. The molecule has 0 radical (unpaired) electrons. The maximum Gasteiger partial charge on any atom is 0.225 e. The van der Waals surface area contributed by atoms with Crippen molar-refractivity contribution in [2.45, 2.75) is 12.5 Å². The molecule has 0 spiro atoms. The SMILES string of the molecule is Cn1cc(-c2c[nH]c(C(=NC=N)N3CCN(c4ncc([C@@](C)(N)c5ccccc5)cn4)CC3)c2)cn1. The number of aromatic amines is 1. The normalized spacial score (nSPS) is 16.1. The minimum Gasteiger partial charge on any atom is -0.358 e. The van der Waals surface area contributed by atoms with Gasteiger partial charge in [0.1, 0.15) is 6.34 Å². The topological polar surface area (TPSA) is 128 Å². The molecule has 0 aliphatic carbocycles. The van der Waals surface area contributed by atoms with Gasteiger partial charge >= 0.3 is 0 Å². The average molecular weight is 483 g/mol. The molecule has 0 amide bonds. The lowest BCUT2D eigenvalue weighted by atomic mass is 9.87. The number of amidine groups is 1. The van der Waals surface area contributed by atoms with Gasteiger partial charge in [0.2, 0.25) is 5.95 Å². The molecule has 1 aliphatic heterocycles. The van der Waals surface area contributed by atoms with E-state index < -0.39 is 5.54 Å². The number of hydrogen-bond donors (Lipinski definition) is 3. The fraction of sp³-hybridized carbons (Fsp3) is 0.269. The number of nitrogens with zero attached hydrogens (tertiary/aromatic N) is 7. The van der Waals surface area contributed by atoms with Crippen LogP contribution < -0.4 is 10.6 Å². The third-order valence-corrected chi connectivity index (χ3v) is 6.62. The number of aliphatic imine (C=N–C) groups is 1. The molecule has 1 aromatic carbocycles. The number of hydrogen-bond acceptors (Lipinski definition) is 6. The van der Waals surface area contributed by atoms with Crippen LogP contribution in [-0.4, -0.2) is 68.0 Å². The highest BCUT2D eigenvalue weighted by Crippen LogP contribution is 2.26. The number of nitrogens with one attached hydrogen (secondary N) is 2. The van der Waals surface area contributed by atoms with Crippen LogP contribution in [-0.2, 0) is 12.6 Å². The maximum absolute atomic E-state index is 7.58. The smallest absolute Gasteiger partial charge is 0.225 e. The number of rotatable bonds is 6. The van der Waals surface area contributed by atoms with Gasteiger partial charge in [-0.1, -0.05) is 30.3 Å². The van der Waals surface area contributed by atoms with Gasteiger partial charge in [-0.3, -0.25) is 10.1 Å². The van der Waals surface area contributed by atoms with E-state index >= 15 is 0 Å². The van der Waals surface area contributed by atoms with Crippen LogP contribution >= 0.6 is 0 Å². The minimum atomic E-state index is -0.665. The van der Waals surface area contributed by atoms with Crippen molar-refractivity contribution < 1.29 is 0 Å². The monoisotopic (exact) mass is 482 g/mol. The Hall–Kier alpha value is -4.31. The van der Waals surface area contributed by atoms with Gasteiger partial charge in [-0.05, 0) is 18.6 Å². The van der Waals surface area contributed by atoms with E-state index in [0.29, 0.717) is 5.95 Å². The molecule has 4 N–H and O–H groups in total.